The molecule has 1 aromatic carbocycles. The van der Waals surface area contributed by atoms with Crippen LogP contribution in [0.5, 0.6) is 5.75 Å². The maximum absolute atomic E-state index is 10.8. The number of phenolic OH excluding ortho intramolecular Hbond substituents is 1. The normalized spacial score (nSPS) is 20.9. The van der Waals surface area contributed by atoms with Gasteiger partial charge in [-0.25, -0.2) is 0 Å². The van der Waals surface area contributed by atoms with Gasteiger partial charge >= 0.3 is 0 Å². The van der Waals surface area contributed by atoms with Gasteiger partial charge in [0.25, 0.3) is 0 Å². The third kappa shape index (κ3) is 5.19. The molecule has 0 radical (unpaired) electrons. The minimum absolute atomic E-state index is 0.0312. The van der Waals surface area contributed by atoms with Gasteiger partial charge in [-0.3, -0.25) is 0 Å². The zero-order valence-electron chi connectivity index (χ0n) is 17.0. The first kappa shape index (κ1) is 20.2. The van der Waals surface area contributed by atoms with Crippen molar-refractivity contribution in [2.24, 2.45) is 0 Å². The van der Waals surface area contributed by atoms with Gasteiger partial charge in [0.1, 0.15) is 11.9 Å². The predicted molar refractivity (Wildman–Crippen MR) is 100 cm³/mol. The Balaban J connectivity index is 2.15. The molecular weight excluding hydrogens is 316 g/mol. The van der Waals surface area contributed by atoms with Crippen LogP contribution in [0.2, 0.25) is 0 Å². The zero-order chi connectivity index (χ0) is 19.0. The molecule has 1 aliphatic heterocycles. The van der Waals surface area contributed by atoms with E-state index in [0.717, 1.165) is 16.7 Å². The maximum atomic E-state index is 10.8. The fourth-order valence-electron chi connectivity index (χ4n) is 3.07. The summed E-state index contributed by atoms with van der Waals surface area (Å²) in [7, 11) is 0. The van der Waals surface area contributed by atoms with Crippen molar-refractivity contribution >= 4 is 0 Å². The lowest BCUT2D eigenvalue weighted by Gasteiger charge is -2.28. The third-order valence-corrected chi connectivity index (χ3v) is 4.43. The Labute approximate surface area is 152 Å². The van der Waals surface area contributed by atoms with Crippen molar-refractivity contribution in [1.82, 2.24) is 0 Å². The lowest BCUT2D eigenvalue weighted by atomic mass is 9.78. The quantitative estimate of drug-likeness (QED) is 0.858. The Kier molecular flexibility index (Phi) is 5.58. The Bertz CT molecular complexity index is 570. The number of aromatic hydroxyl groups is 1. The van der Waals surface area contributed by atoms with E-state index in [0.29, 0.717) is 25.6 Å². The largest absolute Gasteiger partial charge is 0.507 e. The van der Waals surface area contributed by atoms with Gasteiger partial charge in [0.05, 0.1) is 19.8 Å². The second kappa shape index (κ2) is 6.90. The third-order valence-electron chi connectivity index (χ3n) is 4.43. The number of ether oxygens (including phenoxy) is 3. The number of phenols is 1. The summed E-state index contributed by atoms with van der Waals surface area (Å²) in [4.78, 5) is 0. The highest BCUT2D eigenvalue weighted by Gasteiger charge is 2.32. The molecule has 1 fully saturated rings. The minimum atomic E-state index is -0.522. The van der Waals surface area contributed by atoms with Crippen molar-refractivity contribution in [2.75, 3.05) is 13.2 Å². The molecule has 1 aromatic rings. The van der Waals surface area contributed by atoms with Crippen molar-refractivity contribution in [3.05, 3.63) is 28.8 Å². The molecule has 0 aromatic heterocycles. The Morgan fingerprint density at radius 3 is 2.00 bits per heavy atom. The standard InChI is InChI=1S/C21H34O4/c1-19(2,3)16-9-14(10-17(18(16)22)20(4,5)6)11-23-12-15-13-24-21(7,8)25-15/h9-10,15,22H,11-13H2,1-8H3/t15-/m0/s1. The predicted octanol–water partition coefficient (Wildman–Crippen LogP) is 4.66. The average Bonchev–Trinajstić information content (AvgIpc) is 2.77. The fourth-order valence-corrected chi connectivity index (χ4v) is 3.07. The van der Waals surface area contributed by atoms with Crippen molar-refractivity contribution in [1.29, 1.82) is 0 Å². The van der Waals surface area contributed by atoms with Crippen LogP contribution in [0.1, 0.15) is 72.1 Å². The van der Waals surface area contributed by atoms with E-state index in [2.05, 4.69) is 53.7 Å². The Hall–Kier alpha value is -1.10. The van der Waals surface area contributed by atoms with Crippen LogP contribution in [-0.4, -0.2) is 30.2 Å². The molecular formula is C21H34O4. The maximum Gasteiger partial charge on any atom is 0.163 e. The van der Waals surface area contributed by atoms with Crippen molar-refractivity contribution < 1.29 is 19.3 Å². The minimum Gasteiger partial charge on any atom is -0.507 e. The SMILES string of the molecule is CC1(C)OC[C@H](COCc2cc(C(C)(C)C)c(O)c(C(C)(C)C)c2)O1. The summed E-state index contributed by atoms with van der Waals surface area (Å²) in [6, 6.07) is 4.11. The highest BCUT2D eigenvalue weighted by Crippen LogP contribution is 2.39. The second-order valence-electron chi connectivity index (χ2n) is 9.51. The van der Waals surface area contributed by atoms with E-state index in [1.54, 1.807) is 0 Å². The van der Waals surface area contributed by atoms with E-state index in [9.17, 15) is 5.11 Å². The van der Waals surface area contributed by atoms with Crippen LogP contribution in [0.25, 0.3) is 0 Å². The van der Waals surface area contributed by atoms with Gasteiger partial charge in [0.2, 0.25) is 0 Å². The van der Waals surface area contributed by atoms with Crippen LogP contribution in [0, 0.1) is 0 Å². The van der Waals surface area contributed by atoms with E-state index in [-0.39, 0.29) is 16.9 Å². The number of rotatable bonds is 4. The van der Waals surface area contributed by atoms with Crippen molar-refractivity contribution in [3.63, 3.8) is 0 Å². The van der Waals surface area contributed by atoms with Crippen molar-refractivity contribution in [2.45, 2.75) is 84.7 Å². The number of hydrogen-bond acceptors (Lipinski definition) is 4. The van der Waals surface area contributed by atoms with Gasteiger partial charge in [0, 0.05) is 0 Å². The second-order valence-corrected chi connectivity index (χ2v) is 9.51. The molecule has 1 N–H and O–H groups in total. The van der Waals surface area contributed by atoms with Gasteiger partial charge in [-0.05, 0) is 53.5 Å². The monoisotopic (exact) mass is 350 g/mol. The van der Waals surface area contributed by atoms with Gasteiger partial charge in [-0.2, -0.15) is 0 Å². The van der Waals surface area contributed by atoms with Gasteiger partial charge in [-0.1, -0.05) is 41.5 Å². The molecule has 4 heteroatoms. The zero-order valence-corrected chi connectivity index (χ0v) is 17.0. The van der Waals surface area contributed by atoms with Gasteiger partial charge in [-0.15, -0.1) is 0 Å². The average molecular weight is 350 g/mol. The molecule has 1 atom stereocenters. The van der Waals surface area contributed by atoms with E-state index in [1.807, 2.05) is 13.8 Å². The molecule has 0 unspecified atom stereocenters. The number of hydrogen-bond donors (Lipinski definition) is 1. The molecule has 0 bridgehead atoms. The summed E-state index contributed by atoms with van der Waals surface area (Å²) in [5, 5.41) is 10.8. The smallest absolute Gasteiger partial charge is 0.163 e. The summed E-state index contributed by atoms with van der Waals surface area (Å²) in [6.45, 7) is 18.1. The molecule has 25 heavy (non-hydrogen) atoms. The van der Waals surface area contributed by atoms with Gasteiger partial charge in [0.15, 0.2) is 5.79 Å². The summed E-state index contributed by atoms with van der Waals surface area (Å²) in [6.07, 6.45) is -0.0312. The van der Waals surface area contributed by atoms with Crippen LogP contribution in [0.15, 0.2) is 12.1 Å². The van der Waals surface area contributed by atoms with E-state index >= 15 is 0 Å². The van der Waals surface area contributed by atoms with E-state index < -0.39 is 5.79 Å². The lowest BCUT2D eigenvalue weighted by molar-refractivity contribution is -0.145. The highest BCUT2D eigenvalue weighted by molar-refractivity contribution is 5.49. The Morgan fingerprint density at radius 2 is 1.60 bits per heavy atom. The summed E-state index contributed by atoms with van der Waals surface area (Å²) in [5.74, 6) is -0.121. The fraction of sp³-hybridized carbons (Fsp3) is 0.714. The first-order chi connectivity index (χ1) is 11.3. The molecule has 0 spiro atoms. The van der Waals surface area contributed by atoms with Crippen molar-refractivity contribution in [3.8, 4) is 5.75 Å². The summed E-state index contributed by atoms with van der Waals surface area (Å²) < 4.78 is 17.2. The molecule has 0 saturated carbocycles. The first-order valence-electron chi connectivity index (χ1n) is 9.06. The van der Waals surface area contributed by atoms with Crippen LogP contribution in [0.4, 0.5) is 0 Å². The lowest BCUT2D eigenvalue weighted by Crippen LogP contribution is -2.24. The topological polar surface area (TPSA) is 47.9 Å². The van der Waals surface area contributed by atoms with Crippen LogP contribution >= 0.6 is 0 Å². The molecule has 0 aliphatic carbocycles. The first-order valence-corrected chi connectivity index (χ1v) is 9.06. The van der Waals surface area contributed by atoms with E-state index in [4.69, 9.17) is 14.2 Å². The van der Waals surface area contributed by atoms with Crippen LogP contribution in [0.3, 0.4) is 0 Å². The molecule has 142 valence electrons. The molecule has 2 rings (SSSR count). The summed E-state index contributed by atoms with van der Waals surface area (Å²) >= 11 is 0. The molecule has 0 amide bonds. The van der Waals surface area contributed by atoms with E-state index in [1.165, 1.54) is 0 Å². The van der Waals surface area contributed by atoms with Crippen LogP contribution in [-0.2, 0) is 31.6 Å². The molecule has 1 heterocycles. The number of benzene rings is 1. The van der Waals surface area contributed by atoms with Crippen LogP contribution < -0.4 is 0 Å². The summed E-state index contributed by atoms with van der Waals surface area (Å²) in [5.41, 5.74) is 2.73. The molecule has 1 aliphatic rings. The Morgan fingerprint density at radius 1 is 1.08 bits per heavy atom. The molecule has 1 saturated heterocycles. The van der Waals surface area contributed by atoms with Gasteiger partial charge < -0.3 is 19.3 Å². The highest BCUT2D eigenvalue weighted by atomic mass is 16.7. The molecule has 4 nitrogen and oxygen atoms in total.